The summed E-state index contributed by atoms with van der Waals surface area (Å²) in [6.07, 6.45) is 1.33. The van der Waals surface area contributed by atoms with E-state index in [1.165, 1.54) is 28.8 Å². The minimum Gasteiger partial charge on any atom is -0.457 e. The van der Waals surface area contributed by atoms with Crippen molar-refractivity contribution < 1.29 is 27.2 Å². The number of amides is 1. The Morgan fingerprint density at radius 3 is 2.33 bits per heavy atom. The van der Waals surface area contributed by atoms with Gasteiger partial charge in [0.2, 0.25) is 15.8 Å². The van der Waals surface area contributed by atoms with Gasteiger partial charge in [0.05, 0.1) is 11.2 Å². The Kier molecular flexibility index (Phi) is 7.14. The molecule has 1 aromatic carbocycles. The summed E-state index contributed by atoms with van der Waals surface area (Å²) in [4.78, 5) is 23.5. The molecule has 0 spiro atoms. The molecule has 1 amide bonds. The van der Waals surface area contributed by atoms with Gasteiger partial charge >= 0.3 is 5.97 Å². The van der Waals surface area contributed by atoms with Gasteiger partial charge in [-0.05, 0) is 29.8 Å². The molecule has 0 aliphatic rings. The van der Waals surface area contributed by atoms with Crippen LogP contribution >= 0.6 is 0 Å². The summed E-state index contributed by atoms with van der Waals surface area (Å²) in [5.41, 5.74) is 0.721. The van der Waals surface area contributed by atoms with Crippen molar-refractivity contribution in [2.45, 2.75) is 25.3 Å². The van der Waals surface area contributed by atoms with Crippen molar-refractivity contribution in [3.63, 3.8) is 0 Å². The van der Waals surface area contributed by atoms with Crippen LogP contribution in [0.5, 0.6) is 0 Å². The first-order valence-electron chi connectivity index (χ1n) is 8.44. The number of furan rings is 1. The molecule has 0 atom stereocenters. The number of nitrogens with zero attached hydrogens (tertiary/aromatic N) is 1. The van der Waals surface area contributed by atoms with Gasteiger partial charge < -0.3 is 14.5 Å². The van der Waals surface area contributed by atoms with E-state index in [0.29, 0.717) is 13.1 Å². The first kappa shape index (κ1) is 20.7. The van der Waals surface area contributed by atoms with E-state index in [0.717, 1.165) is 5.56 Å². The lowest BCUT2D eigenvalue weighted by Gasteiger charge is -2.18. The molecule has 0 fully saturated rings. The highest BCUT2D eigenvalue weighted by Crippen LogP contribution is 2.16. The number of hydrogen-bond donors (Lipinski definition) is 1. The first-order valence-corrected chi connectivity index (χ1v) is 9.89. The number of nitrogens with one attached hydrogen (secondary N) is 1. The summed E-state index contributed by atoms with van der Waals surface area (Å²) in [6, 6.07) is 9.25. The average molecular weight is 394 g/mol. The molecule has 1 heterocycles. The molecule has 2 aromatic rings. The van der Waals surface area contributed by atoms with Crippen LogP contribution in [0.15, 0.2) is 52.0 Å². The molecule has 9 heteroatoms. The van der Waals surface area contributed by atoms with E-state index in [4.69, 9.17) is 9.15 Å². The van der Waals surface area contributed by atoms with Crippen LogP contribution in [0.4, 0.5) is 0 Å². The highest BCUT2D eigenvalue weighted by molar-refractivity contribution is 7.89. The third-order valence-corrected chi connectivity index (χ3v) is 5.88. The molecule has 0 saturated carbocycles. The zero-order valence-electron chi connectivity index (χ0n) is 15.2. The van der Waals surface area contributed by atoms with Crippen molar-refractivity contribution in [1.29, 1.82) is 0 Å². The molecular formula is C18H22N2O6S. The molecule has 0 saturated heterocycles. The lowest BCUT2D eigenvalue weighted by Crippen LogP contribution is -2.30. The largest absolute Gasteiger partial charge is 0.457 e. The summed E-state index contributed by atoms with van der Waals surface area (Å²) in [5, 5.41) is 2.60. The van der Waals surface area contributed by atoms with Crippen LogP contribution in [0.1, 0.15) is 30.0 Å². The summed E-state index contributed by atoms with van der Waals surface area (Å²) < 4.78 is 35.9. The Hall–Kier alpha value is -2.65. The maximum Gasteiger partial charge on any atom is 0.374 e. The topological polar surface area (TPSA) is 106 Å². The van der Waals surface area contributed by atoms with Crippen molar-refractivity contribution >= 4 is 21.9 Å². The zero-order valence-corrected chi connectivity index (χ0v) is 16.0. The Bertz CT molecular complexity index is 856. The van der Waals surface area contributed by atoms with Crippen LogP contribution < -0.4 is 5.32 Å². The Morgan fingerprint density at radius 1 is 1.11 bits per heavy atom. The Balaban J connectivity index is 1.86. The normalized spacial score (nSPS) is 11.4. The SMILES string of the molecule is CCN(CC)S(=O)(=O)c1ccc(CNC(=O)COC(=O)c2ccco2)cc1. The van der Waals surface area contributed by atoms with Crippen LogP contribution in [-0.2, 0) is 26.1 Å². The number of benzene rings is 1. The predicted molar refractivity (Wildman–Crippen MR) is 97.4 cm³/mol. The molecule has 0 bridgehead atoms. The summed E-state index contributed by atoms with van der Waals surface area (Å²) in [5.74, 6) is -1.18. The van der Waals surface area contributed by atoms with E-state index in [2.05, 4.69) is 5.32 Å². The van der Waals surface area contributed by atoms with Gasteiger partial charge in [-0.3, -0.25) is 4.79 Å². The molecule has 0 unspecified atom stereocenters. The number of esters is 1. The number of carbonyl (C=O) groups excluding carboxylic acids is 2. The zero-order chi connectivity index (χ0) is 19.9. The van der Waals surface area contributed by atoms with E-state index in [1.54, 1.807) is 32.0 Å². The Labute approximate surface area is 158 Å². The molecule has 2 rings (SSSR count). The lowest BCUT2D eigenvalue weighted by molar-refractivity contribution is -0.124. The second-order valence-corrected chi connectivity index (χ2v) is 7.50. The highest BCUT2D eigenvalue weighted by atomic mass is 32.2. The third kappa shape index (κ3) is 5.41. The molecule has 27 heavy (non-hydrogen) atoms. The monoisotopic (exact) mass is 394 g/mol. The van der Waals surface area contributed by atoms with Gasteiger partial charge in [-0.25, -0.2) is 13.2 Å². The molecule has 0 radical (unpaired) electrons. The molecule has 146 valence electrons. The van der Waals surface area contributed by atoms with E-state index in [9.17, 15) is 18.0 Å². The number of hydrogen-bond acceptors (Lipinski definition) is 6. The Morgan fingerprint density at radius 2 is 1.78 bits per heavy atom. The second kappa shape index (κ2) is 9.33. The maximum absolute atomic E-state index is 12.4. The van der Waals surface area contributed by atoms with Crippen molar-refractivity contribution in [1.82, 2.24) is 9.62 Å². The van der Waals surface area contributed by atoms with Crippen molar-refractivity contribution in [3.8, 4) is 0 Å². The fraction of sp³-hybridized carbons (Fsp3) is 0.333. The van der Waals surface area contributed by atoms with E-state index in [1.807, 2.05) is 0 Å². The second-order valence-electron chi connectivity index (χ2n) is 5.56. The first-order chi connectivity index (χ1) is 12.9. The molecule has 0 aliphatic heterocycles. The highest BCUT2D eigenvalue weighted by Gasteiger charge is 2.21. The van der Waals surface area contributed by atoms with Crippen LogP contribution in [0.3, 0.4) is 0 Å². The van der Waals surface area contributed by atoms with Crippen molar-refractivity contribution in [2.24, 2.45) is 0 Å². The minimum absolute atomic E-state index is 0.0211. The van der Waals surface area contributed by atoms with Gasteiger partial charge in [-0.1, -0.05) is 26.0 Å². The number of carbonyl (C=O) groups is 2. The fourth-order valence-electron chi connectivity index (χ4n) is 2.34. The molecule has 1 aromatic heterocycles. The molecule has 1 N–H and O–H groups in total. The number of rotatable bonds is 9. The van der Waals surface area contributed by atoms with Gasteiger partial charge in [0.15, 0.2) is 6.61 Å². The van der Waals surface area contributed by atoms with Crippen molar-refractivity contribution in [3.05, 3.63) is 54.0 Å². The van der Waals surface area contributed by atoms with Crippen LogP contribution in [-0.4, -0.2) is 44.3 Å². The van der Waals surface area contributed by atoms with Crippen LogP contribution in [0, 0.1) is 0 Å². The smallest absolute Gasteiger partial charge is 0.374 e. The summed E-state index contributed by atoms with van der Waals surface area (Å²) in [6.45, 7) is 4.10. The minimum atomic E-state index is -3.51. The van der Waals surface area contributed by atoms with Crippen LogP contribution in [0.2, 0.25) is 0 Å². The molecule has 0 aliphatic carbocycles. The van der Waals surface area contributed by atoms with Gasteiger partial charge in [-0.2, -0.15) is 4.31 Å². The fourth-order valence-corrected chi connectivity index (χ4v) is 3.80. The average Bonchev–Trinajstić information content (AvgIpc) is 3.20. The summed E-state index contributed by atoms with van der Waals surface area (Å²) in [7, 11) is -3.51. The molecular weight excluding hydrogens is 372 g/mol. The quantitative estimate of drug-likeness (QED) is 0.650. The van der Waals surface area contributed by atoms with E-state index in [-0.39, 0.29) is 17.2 Å². The van der Waals surface area contributed by atoms with Gasteiger partial charge in [0.1, 0.15) is 0 Å². The number of sulfonamides is 1. The van der Waals surface area contributed by atoms with Crippen molar-refractivity contribution in [2.75, 3.05) is 19.7 Å². The van der Waals surface area contributed by atoms with Crippen LogP contribution in [0.25, 0.3) is 0 Å². The van der Waals surface area contributed by atoms with Gasteiger partial charge in [0.25, 0.3) is 5.91 Å². The predicted octanol–water partition coefficient (Wildman–Crippen LogP) is 1.78. The van der Waals surface area contributed by atoms with Gasteiger partial charge in [-0.15, -0.1) is 0 Å². The van der Waals surface area contributed by atoms with E-state index >= 15 is 0 Å². The van der Waals surface area contributed by atoms with Gasteiger partial charge in [0, 0.05) is 19.6 Å². The maximum atomic E-state index is 12.4. The molecule has 8 nitrogen and oxygen atoms in total. The number of ether oxygens (including phenoxy) is 1. The summed E-state index contributed by atoms with van der Waals surface area (Å²) >= 11 is 0. The third-order valence-electron chi connectivity index (χ3n) is 3.81. The standard InChI is InChI=1S/C18H22N2O6S/c1-3-20(4-2)27(23,24)15-9-7-14(8-10-15)12-19-17(21)13-26-18(22)16-6-5-11-25-16/h5-11H,3-4,12-13H2,1-2H3,(H,19,21). The van der Waals surface area contributed by atoms with E-state index < -0.39 is 28.5 Å². The lowest BCUT2D eigenvalue weighted by atomic mass is 10.2.